The number of hydrogen-bond acceptors (Lipinski definition) is 6. The summed E-state index contributed by atoms with van der Waals surface area (Å²) < 4.78 is 5.40. The van der Waals surface area contributed by atoms with Crippen LogP contribution < -0.4 is 20.9 Å². The van der Waals surface area contributed by atoms with Crippen LogP contribution in [-0.2, 0) is 4.79 Å². The number of nitro benzene ring substituents is 1. The Morgan fingerprint density at radius 3 is 2.25 bits per heavy atom. The van der Waals surface area contributed by atoms with Gasteiger partial charge >= 0.3 is 0 Å². The van der Waals surface area contributed by atoms with Gasteiger partial charge in [0.1, 0.15) is 5.75 Å². The van der Waals surface area contributed by atoms with Crippen molar-refractivity contribution in [1.29, 1.82) is 0 Å². The molecule has 3 N–H and O–H groups in total. The first-order valence-electron chi connectivity index (χ1n) is 8.10. The number of non-ortho nitro benzene ring substituents is 1. The van der Waals surface area contributed by atoms with Crippen LogP contribution in [0.3, 0.4) is 0 Å². The van der Waals surface area contributed by atoms with Gasteiger partial charge in [-0.05, 0) is 61.5 Å². The van der Waals surface area contributed by atoms with Gasteiger partial charge in [0.2, 0.25) is 0 Å². The van der Waals surface area contributed by atoms with E-state index in [-0.39, 0.29) is 23.0 Å². The van der Waals surface area contributed by atoms with E-state index >= 15 is 0 Å². The first-order valence-corrected chi connectivity index (χ1v) is 8.51. The number of nitrogens with one attached hydrogen (secondary N) is 3. The van der Waals surface area contributed by atoms with Crippen molar-refractivity contribution in [3.63, 3.8) is 0 Å². The molecule has 0 aliphatic carbocycles. The zero-order chi connectivity index (χ0) is 20.7. The predicted molar refractivity (Wildman–Crippen MR) is 106 cm³/mol. The second-order valence-corrected chi connectivity index (χ2v) is 6.28. The van der Waals surface area contributed by atoms with Crippen molar-refractivity contribution < 1.29 is 19.2 Å². The van der Waals surface area contributed by atoms with Crippen LogP contribution >= 0.6 is 12.2 Å². The van der Waals surface area contributed by atoms with Crippen LogP contribution in [0.25, 0.3) is 0 Å². The van der Waals surface area contributed by atoms with Crippen LogP contribution in [0.5, 0.6) is 5.75 Å². The number of hydrazine groups is 1. The number of carbonyl (C=O) groups excluding carboxylic acids is 2. The molecular weight excluding hydrogens is 384 g/mol. The highest BCUT2D eigenvalue weighted by atomic mass is 32.1. The fourth-order valence-corrected chi connectivity index (χ4v) is 2.41. The van der Waals surface area contributed by atoms with E-state index in [4.69, 9.17) is 17.0 Å². The highest BCUT2D eigenvalue weighted by Gasteiger charge is 2.11. The Bertz CT molecular complexity index is 894. The zero-order valence-corrected chi connectivity index (χ0v) is 16.0. The maximum atomic E-state index is 12.0. The lowest BCUT2D eigenvalue weighted by atomic mass is 10.1. The van der Waals surface area contributed by atoms with Crippen molar-refractivity contribution in [3.8, 4) is 5.75 Å². The number of ether oxygens (including phenoxy) is 1. The smallest absolute Gasteiger partial charge is 0.276 e. The number of carbonyl (C=O) groups is 2. The number of amides is 2. The van der Waals surface area contributed by atoms with Crippen molar-refractivity contribution in [3.05, 3.63) is 69.3 Å². The van der Waals surface area contributed by atoms with Gasteiger partial charge in [-0.2, -0.15) is 0 Å². The summed E-state index contributed by atoms with van der Waals surface area (Å²) in [7, 11) is 0. The summed E-state index contributed by atoms with van der Waals surface area (Å²) in [6.07, 6.45) is 0. The summed E-state index contributed by atoms with van der Waals surface area (Å²) in [6, 6.07) is 10.6. The number of nitro groups is 1. The molecule has 0 spiro atoms. The van der Waals surface area contributed by atoms with Crippen LogP contribution in [0.1, 0.15) is 21.5 Å². The quantitative estimate of drug-likeness (QED) is 0.397. The average molecular weight is 402 g/mol. The summed E-state index contributed by atoms with van der Waals surface area (Å²) in [5.74, 6) is -0.499. The molecule has 0 aliphatic heterocycles. The fraction of sp³-hybridized carbons (Fsp3) is 0.167. The molecule has 0 aliphatic rings. The monoisotopic (exact) mass is 402 g/mol. The average Bonchev–Trinajstić information content (AvgIpc) is 2.64. The normalized spacial score (nSPS) is 9.93. The van der Waals surface area contributed by atoms with Crippen molar-refractivity contribution in [2.75, 3.05) is 6.61 Å². The molecule has 0 bridgehead atoms. The van der Waals surface area contributed by atoms with Gasteiger partial charge in [-0.15, -0.1) is 0 Å². The van der Waals surface area contributed by atoms with Gasteiger partial charge in [0.15, 0.2) is 11.7 Å². The largest absolute Gasteiger partial charge is 0.484 e. The lowest BCUT2D eigenvalue weighted by Crippen LogP contribution is -2.49. The lowest BCUT2D eigenvalue weighted by Gasteiger charge is -2.12. The predicted octanol–water partition coefficient (Wildman–Crippen LogP) is 1.93. The molecule has 0 fully saturated rings. The fourth-order valence-electron chi connectivity index (χ4n) is 2.27. The van der Waals surface area contributed by atoms with Crippen LogP contribution in [0.2, 0.25) is 0 Å². The molecule has 0 saturated heterocycles. The van der Waals surface area contributed by atoms with E-state index in [1.165, 1.54) is 24.3 Å². The number of benzene rings is 2. The maximum Gasteiger partial charge on any atom is 0.276 e. The summed E-state index contributed by atoms with van der Waals surface area (Å²) in [5, 5.41) is 12.8. The van der Waals surface area contributed by atoms with E-state index in [1.54, 1.807) is 0 Å². The Labute approximate surface area is 166 Å². The highest BCUT2D eigenvalue weighted by molar-refractivity contribution is 7.80. The van der Waals surface area contributed by atoms with E-state index < -0.39 is 16.7 Å². The van der Waals surface area contributed by atoms with Gasteiger partial charge in [0.25, 0.3) is 17.5 Å². The molecule has 2 aromatic carbocycles. The Kier molecular flexibility index (Phi) is 6.99. The van der Waals surface area contributed by atoms with Gasteiger partial charge in [-0.25, -0.2) is 0 Å². The first kappa shape index (κ1) is 20.8. The molecular formula is C18H18N4O5S. The van der Waals surface area contributed by atoms with Crippen molar-refractivity contribution >= 4 is 34.8 Å². The van der Waals surface area contributed by atoms with Crippen LogP contribution in [0.4, 0.5) is 5.69 Å². The van der Waals surface area contributed by atoms with E-state index in [2.05, 4.69) is 16.2 Å². The van der Waals surface area contributed by atoms with Crippen molar-refractivity contribution in [2.45, 2.75) is 13.8 Å². The Morgan fingerprint density at radius 1 is 1.07 bits per heavy atom. The number of aryl methyl sites for hydroxylation is 2. The third-order valence-electron chi connectivity index (χ3n) is 3.45. The summed E-state index contributed by atoms with van der Waals surface area (Å²) >= 11 is 4.92. The third-order valence-corrected chi connectivity index (χ3v) is 3.65. The maximum absolute atomic E-state index is 12.0. The molecule has 146 valence electrons. The van der Waals surface area contributed by atoms with Gasteiger partial charge in [0.05, 0.1) is 4.92 Å². The second kappa shape index (κ2) is 9.42. The molecule has 10 heteroatoms. The Balaban J connectivity index is 1.77. The SMILES string of the molecule is Cc1cc(C)cc(OCC(=O)NNC(=S)NC(=O)c2ccc([N+](=O)[O-])cc2)c1. The number of rotatable bonds is 5. The number of thiocarbonyl (C=S) groups is 1. The Hall–Kier alpha value is -3.53. The van der Waals surface area contributed by atoms with E-state index in [0.717, 1.165) is 11.1 Å². The molecule has 2 rings (SSSR count). The van der Waals surface area contributed by atoms with E-state index in [1.807, 2.05) is 32.0 Å². The topological polar surface area (TPSA) is 123 Å². The molecule has 0 radical (unpaired) electrons. The third kappa shape index (κ3) is 6.32. The second-order valence-electron chi connectivity index (χ2n) is 5.87. The zero-order valence-electron chi connectivity index (χ0n) is 15.1. The van der Waals surface area contributed by atoms with Crippen molar-refractivity contribution in [1.82, 2.24) is 16.2 Å². The summed E-state index contributed by atoms with van der Waals surface area (Å²) in [5.41, 5.74) is 6.77. The molecule has 2 aromatic rings. The Morgan fingerprint density at radius 2 is 1.68 bits per heavy atom. The summed E-state index contributed by atoms with van der Waals surface area (Å²) in [4.78, 5) is 33.9. The summed E-state index contributed by atoms with van der Waals surface area (Å²) in [6.45, 7) is 3.61. The molecule has 0 aromatic heterocycles. The highest BCUT2D eigenvalue weighted by Crippen LogP contribution is 2.16. The number of hydrogen-bond donors (Lipinski definition) is 3. The molecule has 0 heterocycles. The first-order chi connectivity index (χ1) is 13.2. The van der Waals surface area contributed by atoms with Gasteiger partial charge in [-0.3, -0.25) is 35.9 Å². The van der Waals surface area contributed by atoms with Crippen LogP contribution in [-0.4, -0.2) is 28.5 Å². The number of nitrogens with zero attached hydrogens (tertiary/aromatic N) is 1. The van der Waals surface area contributed by atoms with Crippen LogP contribution in [0.15, 0.2) is 42.5 Å². The lowest BCUT2D eigenvalue weighted by molar-refractivity contribution is -0.384. The van der Waals surface area contributed by atoms with Crippen LogP contribution in [0, 0.1) is 24.0 Å². The minimum atomic E-state index is -0.576. The minimum absolute atomic E-state index is 0.131. The van der Waals surface area contributed by atoms with Gasteiger partial charge in [-0.1, -0.05) is 6.07 Å². The van der Waals surface area contributed by atoms with E-state index in [0.29, 0.717) is 5.75 Å². The molecule has 28 heavy (non-hydrogen) atoms. The molecule has 2 amide bonds. The van der Waals surface area contributed by atoms with E-state index in [9.17, 15) is 19.7 Å². The van der Waals surface area contributed by atoms with Crippen molar-refractivity contribution in [2.24, 2.45) is 0 Å². The molecule has 9 nitrogen and oxygen atoms in total. The molecule has 0 atom stereocenters. The standard InChI is InChI=1S/C18H18N4O5S/c1-11-7-12(2)9-15(8-11)27-10-16(23)20-21-18(28)19-17(24)13-3-5-14(6-4-13)22(25)26/h3-9H,10H2,1-2H3,(H,20,23)(H2,19,21,24,28). The molecule has 0 saturated carbocycles. The van der Waals surface area contributed by atoms with Gasteiger partial charge in [0, 0.05) is 17.7 Å². The molecule has 0 unspecified atom stereocenters. The van der Waals surface area contributed by atoms with Gasteiger partial charge < -0.3 is 4.74 Å². The minimum Gasteiger partial charge on any atom is -0.484 e.